The van der Waals surface area contributed by atoms with Crippen molar-refractivity contribution >= 4 is 21.2 Å². The zero-order valence-electron chi connectivity index (χ0n) is 15.8. The predicted molar refractivity (Wildman–Crippen MR) is 105 cm³/mol. The zero-order chi connectivity index (χ0) is 19.9. The lowest BCUT2D eigenvalue weighted by Crippen LogP contribution is -2.33. The summed E-state index contributed by atoms with van der Waals surface area (Å²) in [6.07, 6.45) is 0.370. The Labute approximate surface area is 164 Å². The molecule has 1 saturated heterocycles. The second kappa shape index (κ2) is 6.95. The number of Topliss-reactive ketones (excluding diaryl/α,β-unsaturated/α-hetero) is 1. The molecule has 0 aromatic heterocycles. The van der Waals surface area contributed by atoms with Gasteiger partial charge in [-0.2, -0.15) is 0 Å². The van der Waals surface area contributed by atoms with Crippen LogP contribution in [0.4, 0.5) is 0 Å². The highest BCUT2D eigenvalue weighted by Gasteiger charge is 2.48. The van der Waals surface area contributed by atoms with Crippen molar-refractivity contribution in [3.8, 4) is 0 Å². The van der Waals surface area contributed by atoms with Crippen molar-refractivity contribution in [2.45, 2.75) is 43.5 Å². The molecule has 1 unspecified atom stereocenters. The average Bonchev–Trinajstić information content (AvgIpc) is 3.16. The van der Waals surface area contributed by atoms with Crippen LogP contribution in [0.2, 0.25) is 0 Å². The van der Waals surface area contributed by atoms with Crippen LogP contribution >= 0.6 is 0 Å². The Balaban J connectivity index is 1.96. The van der Waals surface area contributed by atoms with Crippen molar-refractivity contribution in [2.24, 2.45) is 0 Å². The molecule has 28 heavy (non-hydrogen) atoms. The van der Waals surface area contributed by atoms with Crippen molar-refractivity contribution in [3.05, 3.63) is 70.6 Å². The van der Waals surface area contributed by atoms with Gasteiger partial charge in [-0.3, -0.25) is 4.79 Å². The number of hydrogen-bond acceptors (Lipinski definition) is 5. The van der Waals surface area contributed by atoms with E-state index in [1.54, 1.807) is 42.5 Å². The zero-order valence-corrected chi connectivity index (χ0v) is 16.7. The number of carbonyl (C=O) groups is 1. The van der Waals surface area contributed by atoms with E-state index in [4.69, 9.17) is 9.47 Å². The Hall–Kier alpha value is -2.28. The van der Waals surface area contributed by atoms with E-state index < -0.39 is 21.7 Å². The molecular formula is C22H22O5S. The molecule has 5 nitrogen and oxygen atoms in total. The number of fused-ring (bicyclic) bond motifs is 1. The first-order valence-corrected chi connectivity index (χ1v) is 10.9. The van der Waals surface area contributed by atoms with E-state index >= 15 is 0 Å². The highest BCUT2D eigenvalue weighted by Crippen LogP contribution is 2.43. The van der Waals surface area contributed by atoms with E-state index in [0.717, 1.165) is 0 Å². The van der Waals surface area contributed by atoms with Crippen LogP contribution in [-0.2, 0) is 19.3 Å². The van der Waals surface area contributed by atoms with Gasteiger partial charge in [0.05, 0.1) is 16.4 Å². The molecule has 146 valence electrons. The minimum Gasteiger partial charge on any atom is -0.347 e. The molecule has 6 heteroatoms. The van der Waals surface area contributed by atoms with Crippen LogP contribution < -0.4 is 0 Å². The summed E-state index contributed by atoms with van der Waals surface area (Å²) in [4.78, 5) is 13.4. The number of ketones is 1. The van der Waals surface area contributed by atoms with E-state index in [1.807, 2.05) is 19.9 Å². The lowest BCUT2D eigenvalue weighted by molar-refractivity contribution is -0.167. The Bertz CT molecular complexity index is 1050. The number of allylic oxidation sites excluding steroid dienone is 1. The van der Waals surface area contributed by atoms with Crippen LogP contribution in [-0.4, -0.2) is 32.7 Å². The number of sulfone groups is 1. The smallest absolute Gasteiger partial charge is 0.206 e. The number of rotatable bonds is 4. The van der Waals surface area contributed by atoms with Crippen LogP contribution in [0.25, 0.3) is 5.57 Å². The molecule has 2 aromatic carbocycles. The molecule has 2 aliphatic rings. The molecule has 0 amide bonds. The molecule has 2 aromatic rings. The van der Waals surface area contributed by atoms with Gasteiger partial charge in [0.1, 0.15) is 6.10 Å². The average molecular weight is 398 g/mol. The van der Waals surface area contributed by atoms with Gasteiger partial charge in [-0.15, -0.1) is 0 Å². The second-order valence-corrected chi connectivity index (χ2v) is 8.86. The molecule has 1 atom stereocenters. The Kier molecular flexibility index (Phi) is 4.73. The highest BCUT2D eigenvalue weighted by molar-refractivity contribution is 7.95. The van der Waals surface area contributed by atoms with Gasteiger partial charge < -0.3 is 9.47 Å². The van der Waals surface area contributed by atoms with Gasteiger partial charge >= 0.3 is 0 Å². The molecule has 0 saturated carbocycles. The minimum absolute atomic E-state index is 0.00572. The Morgan fingerprint density at radius 1 is 1.00 bits per heavy atom. The fraction of sp³-hybridized carbons (Fsp3) is 0.318. The molecule has 0 bridgehead atoms. The minimum atomic E-state index is -3.91. The quantitative estimate of drug-likeness (QED) is 0.779. The summed E-state index contributed by atoms with van der Waals surface area (Å²) in [6, 6.07) is 15.2. The van der Waals surface area contributed by atoms with Crippen LogP contribution in [0.15, 0.2) is 64.4 Å². The van der Waals surface area contributed by atoms with Gasteiger partial charge in [0, 0.05) is 11.1 Å². The monoisotopic (exact) mass is 398 g/mol. The molecule has 0 aliphatic carbocycles. The van der Waals surface area contributed by atoms with Gasteiger partial charge in [0.25, 0.3) is 0 Å². The number of hydrogen-bond donors (Lipinski definition) is 0. The Morgan fingerprint density at radius 3 is 2.29 bits per heavy atom. The van der Waals surface area contributed by atoms with E-state index in [0.29, 0.717) is 18.4 Å². The molecule has 0 N–H and O–H groups in total. The number of carbonyl (C=O) groups excluding carboxylic acids is 1. The predicted octanol–water partition coefficient (Wildman–Crippen LogP) is 4.00. The van der Waals surface area contributed by atoms with E-state index in [1.165, 1.54) is 6.07 Å². The first kappa shape index (κ1) is 19.1. The highest BCUT2D eigenvalue weighted by atomic mass is 32.2. The Morgan fingerprint density at radius 2 is 1.64 bits per heavy atom. The summed E-state index contributed by atoms with van der Waals surface area (Å²) in [6.45, 7) is 3.98. The molecule has 4 rings (SSSR count). The van der Waals surface area contributed by atoms with Crippen molar-refractivity contribution in [3.63, 3.8) is 0 Å². The molecular weight excluding hydrogens is 376 g/mol. The fourth-order valence-electron chi connectivity index (χ4n) is 3.91. The first-order chi connectivity index (χ1) is 13.4. The maximum Gasteiger partial charge on any atom is 0.206 e. The fourth-order valence-corrected chi connectivity index (χ4v) is 5.79. The largest absolute Gasteiger partial charge is 0.347 e. The van der Waals surface area contributed by atoms with Gasteiger partial charge in [-0.25, -0.2) is 8.42 Å². The summed E-state index contributed by atoms with van der Waals surface area (Å²) >= 11 is 0. The summed E-state index contributed by atoms with van der Waals surface area (Å²) in [7, 11) is -3.91. The third kappa shape index (κ3) is 2.83. The third-order valence-electron chi connectivity index (χ3n) is 5.47. The number of ether oxygens (including phenoxy) is 2. The van der Waals surface area contributed by atoms with Crippen LogP contribution in [0.3, 0.4) is 0 Å². The molecule has 0 spiro atoms. The molecule has 1 fully saturated rings. The van der Waals surface area contributed by atoms with Crippen molar-refractivity contribution < 1.29 is 22.7 Å². The van der Waals surface area contributed by atoms with Crippen molar-refractivity contribution in [2.75, 3.05) is 6.61 Å². The van der Waals surface area contributed by atoms with E-state index in [9.17, 15) is 13.2 Å². The normalized spacial score (nSPS) is 22.9. The van der Waals surface area contributed by atoms with E-state index in [2.05, 4.69) is 0 Å². The summed E-state index contributed by atoms with van der Waals surface area (Å²) in [5, 5.41) is 0. The van der Waals surface area contributed by atoms with Gasteiger partial charge in [-0.1, -0.05) is 56.3 Å². The second-order valence-electron chi connectivity index (χ2n) is 6.97. The lowest BCUT2D eigenvalue weighted by atomic mass is 9.94. The topological polar surface area (TPSA) is 69.7 Å². The standard InChI is InChI=1S/C22H22O5S/c1-3-22(4-2)26-14-17(27-22)21-19(15-10-6-5-7-11-15)20(23)16-12-8-9-13-18(16)28(21,24)25/h5-13,17H,3-4,14H2,1-2H3. The molecule has 0 radical (unpaired) electrons. The van der Waals surface area contributed by atoms with Crippen LogP contribution in [0.5, 0.6) is 0 Å². The van der Waals surface area contributed by atoms with Gasteiger partial charge in [0.2, 0.25) is 9.84 Å². The van der Waals surface area contributed by atoms with Crippen LogP contribution in [0.1, 0.15) is 42.6 Å². The summed E-state index contributed by atoms with van der Waals surface area (Å²) < 4.78 is 39.1. The van der Waals surface area contributed by atoms with Gasteiger partial charge in [-0.05, 0) is 30.5 Å². The molecule has 2 heterocycles. The maximum atomic E-state index is 13.6. The van der Waals surface area contributed by atoms with Crippen molar-refractivity contribution in [1.82, 2.24) is 0 Å². The first-order valence-electron chi connectivity index (χ1n) is 9.43. The number of benzene rings is 2. The van der Waals surface area contributed by atoms with Crippen LogP contribution in [0, 0.1) is 0 Å². The molecule has 2 aliphatic heterocycles. The summed E-state index contributed by atoms with van der Waals surface area (Å²) in [5.41, 5.74) is 0.937. The summed E-state index contributed by atoms with van der Waals surface area (Å²) in [5.74, 6) is -1.13. The lowest BCUT2D eigenvalue weighted by Gasteiger charge is -2.28. The third-order valence-corrected chi connectivity index (χ3v) is 7.45. The SMILES string of the molecule is CCC1(CC)OCC(C2=C(c3ccccc3)C(=O)c3ccccc3S2(=O)=O)O1. The maximum absolute atomic E-state index is 13.6. The van der Waals surface area contributed by atoms with E-state index in [-0.39, 0.29) is 33.3 Å². The van der Waals surface area contributed by atoms with Gasteiger partial charge in [0.15, 0.2) is 11.6 Å². The van der Waals surface area contributed by atoms with Crippen molar-refractivity contribution in [1.29, 1.82) is 0 Å².